The van der Waals surface area contributed by atoms with Crippen LogP contribution in [0.3, 0.4) is 0 Å². The molecule has 0 spiro atoms. The van der Waals surface area contributed by atoms with Gasteiger partial charge in [0.15, 0.2) is 0 Å². The summed E-state index contributed by atoms with van der Waals surface area (Å²) in [5.41, 5.74) is 1.10. The van der Waals surface area contributed by atoms with E-state index in [0.717, 1.165) is 10.0 Å². The fourth-order valence-corrected chi connectivity index (χ4v) is 2.66. The molecule has 92 valence electrons. The Balaban J connectivity index is 2.12. The first-order chi connectivity index (χ1) is 7.95. The van der Waals surface area contributed by atoms with Gasteiger partial charge in [0.1, 0.15) is 0 Å². The van der Waals surface area contributed by atoms with E-state index in [1.807, 2.05) is 32.0 Å². The number of amides is 1. The largest absolute Gasteiger partial charge is 0.386 e. The summed E-state index contributed by atoms with van der Waals surface area (Å²) >= 11 is 3.40. The number of nitrogens with zero attached hydrogens (tertiary/aromatic N) is 1. The van der Waals surface area contributed by atoms with Crippen LogP contribution < -0.4 is 0 Å². The number of hydrogen-bond acceptors (Lipinski definition) is 2. The number of halogens is 1. The third-order valence-corrected chi connectivity index (χ3v) is 3.93. The average molecular weight is 298 g/mol. The molecule has 1 saturated heterocycles. The van der Waals surface area contributed by atoms with Gasteiger partial charge < -0.3 is 10.0 Å². The fraction of sp³-hybridized carbons (Fsp3) is 0.462. The number of carbonyl (C=O) groups is 1. The summed E-state index contributed by atoms with van der Waals surface area (Å²) in [6.07, 6.45) is 0.686. The molecule has 3 nitrogen and oxygen atoms in total. The van der Waals surface area contributed by atoms with Crippen molar-refractivity contribution >= 4 is 21.8 Å². The van der Waals surface area contributed by atoms with Crippen molar-refractivity contribution in [3.05, 3.63) is 33.8 Å². The molecular weight excluding hydrogens is 282 g/mol. The van der Waals surface area contributed by atoms with E-state index in [4.69, 9.17) is 0 Å². The maximum Gasteiger partial charge on any atom is 0.255 e. The van der Waals surface area contributed by atoms with Crippen LogP contribution in [0.15, 0.2) is 22.7 Å². The Labute approximate surface area is 110 Å². The van der Waals surface area contributed by atoms with Crippen molar-refractivity contribution in [2.75, 3.05) is 13.1 Å². The minimum Gasteiger partial charge on any atom is -0.386 e. The summed E-state index contributed by atoms with van der Waals surface area (Å²) < 4.78 is 0.814. The van der Waals surface area contributed by atoms with E-state index in [-0.39, 0.29) is 5.91 Å². The number of likely N-dealkylation sites (tertiary alicyclic amines) is 1. The van der Waals surface area contributed by atoms with Crippen molar-refractivity contribution in [3.8, 4) is 0 Å². The minimum absolute atomic E-state index is 0.0185. The van der Waals surface area contributed by atoms with Gasteiger partial charge in [-0.1, -0.05) is 13.0 Å². The summed E-state index contributed by atoms with van der Waals surface area (Å²) in [4.78, 5) is 13.8. The Hall–Kier alpha value is -0.870. The van der Waals surface area contributed by atoms with Crippen molar-refractivity contribution in [2.24, 2.45) is 0 Å². The van der Waals surface area contributed by atoms with Crippen LogP contribution in [0.2, 0.25) is 0 Å². The molecule has 1 N–H and O–H groups in total. The minimum atomic E-state index is -0.674. The van der Waals surface area contributed by atoms with Gasteiger partial charge in [-0.2, -0.15) is 0 Å². The topological polar surface area (TPSA) is 40.5 Å². The summed E-state index contributed by atoms with van der Waals surface area (Å²) in [6, 6.07) is 5.67. The molecule has 0 bridgehead atoms. The second kappa shape index (κ2) is 4.42. The summed E-state index contributed by atoms with van der Waals surface area (Å²) in [5.74, 6) is -0.0185. The van der Waals surface area contributed by atoms with Gasteiger partial charge in [-0.25, -0.2) is 0 Å². The lowest BCUT2D eigenvalue weighted by Crippen LogP contribution is -2.63. The second-order valence-electron chi connectivity index (χ2n) is 4.72. The highest BCUT2D eigenvalue weighted by atomic mass is 79.9. The van der Waals surface area contributed by atoms with E-state index in [1.54, 1.807) is 4.90 Å². The standard InChI is InChI=1S/C13H16BrNO2/c1-3-13(17)7-15(8-13)12(16)10-5-4-9(2)6-11(10)14/h4-6,17H,3,7-8H2,1-2H3. The maximum absolute atomic E-state index is 12.1. The van der Waals surface area contributed by atoms with E-state index >= 15 is 0 Å². The highest BCUT2D eigenvalue weighted by molar-refractivity contribution is 9.10. The zero-order chi connectivity index (χ0) is 12.6. The molecule has 0 saturated carbocycles. The Morgan fingerprint density at radius 2 is 2.18 bits per heavy atom. The van der Waals surface area contributed by atoms with E-state index in [1.165, 1.54) is 0 Å². The second-order valence-corrected chi connectivity index (χ2v) is 5.58. The molecule has 1 fully saturated rings. The lowest BCUT2D eigenvalue weighted by atomic mass is 9.90. The Morgan fingerprint density at radius 3 is 2.71 bits per heavy atom. The molecule has 0 radical (unpaired) electrons. The van der Waals surface area contributed by atoms with Crippen LogP contribution in [-0.4, -0.2) is 34.6 Å². The van der Waals surface area contributed by atoms with Crippen LogP contribution in [0.4, 0.5) is 0 Å². The number of aliphatic hydroxyl groups is 1. The molecule has 0 unspecified atom stereocenters. The highest BCUT2D eigenvalue weighted by Gasteiger charge is 2.42. The van der Waals surface area contributed by atoms with E-state index in [9.17, 15) is 9.90 Å². The normalized spacial score (nSPS) is 17.8. The smallest absolute Gasteiger partial charge is 0.255 e. The maximum atomic E-state index is 12.1. The average Bonchev–Trinajstić information content (AvgIpc) is 2.24. The molecule has 1 aliphatic heterocycles. The van der Waals surface area contributed by atoms with E-state index in [2.05, 4.69) is 15.9 Å². The van der Waals surface area contributed by atoms with Crippen LogP contribution in [-0.2, 0) is 0 Å². The van der Waals surface area contributed by atoms with Gasteiger partial charge in [0.05, 0.1) is 24.3 Å². The molecule has 4 heteroatoms. The SMILES string of the molecule is CCC1(O)CN(C(=O)c2ccc(C)cc2Br)C1. The molecule has 1 aromatic rings. The quantitative estimate of drug-likeness (QED) is 0.910. The van der Waals surface area contributed by atoms with E-state index in [0.29, 0.717) is 25.1 Å². The molecule has 1 amide bonds. The fourth-order valence-electron chi connectivity index (χ4n) is 2.00. The van der Waals surface area contributed by atoms with Gasteiger partial charge in [-0.15, -0.1) is 0 Å². The summed E-state index contributed by atoms with van der Waals surface area (Å²) in [6.45, 7) is 4.79. The molecule has 0 aromatic heterocycles. The summed E-state index contributed by atoms with van der Waals surface area (Å²) in [7, 11) is 0. The van der Waals surface area contributed by atoms with Gasteiger partial charge in [0.2, 0.25) is 0 Å². The molecular formula is C13H16BrNO2. The monoisotopic (exact) mass is 297 g/mol. The zero-order valence-corrected chi connectivity index (χ0v) is 11.6. The predicted molar refractivity (Wildman–Crippen MR) is 70.0 cm³/mol. The Bertz CT molecular complexity index is 453. The predicted octanol–water partition coefficient (Wildman–Crippen LogP) is 2.35. The van der Waals surface area contributed by atoms with Crippen molar-refractivity contribution < 1.29 is 9.90 Å². The molecule has 1 aliphatic rings. The van der Waals surface area contributed by atoms with Crippen LogP contribution in [0.5, 0.6) is 0 Å². The van der Waals surface area contributed by atoms with E-state index < -0.39 is 5.60 Å². The third kappa shape index (κ3) is 2.38. The molecule has 0 atom stereocenters. The first-order valence-corrected chi connectivity index (χ1v) is 6.52. The lowest BCUT2D eigenvalue weighted by Gasteiger charge is -2.46. The van der Waals surface area contributed by atoms with Gasteiger partial charge in [-0.3, -0.25) is 4.79 Å². The molecule has 1 heterocycles. The van der Waals surface area contributed by atoms with Crippen molar-refractivity contribution in [2.45, 2.75) is 25.9 Å². The van der Waals surface area contributed by atoms with Crippen molar-refractivity contribution in [3.63, 3.8) is 0 Å². The van der Waals surface area contributed by atoms with Crippen molar-refractivity contribution in [1.82, 2.24) is 4.90 Å². The number of rotatable bonds is 2. The summed E-state index contributed by atoms with van der Waals surface area (Å²) in [5, 5.41) is 9.89. The molecule has 1 aromatic carbocycles. The zero-order valence-electron chi connectivity index (χ0n) is 10.0. The first-order valence-electron chi connectivity index (χ1n) is 5.73. The van der Waals surface area contributed by atoms with Gasteiger partial charge in [0, 0.05) is 4.47 Å². The van der Waals surface area contributed by atoms with Crippen LogP contribution in [0, 0.1) is 6.92 Å². The molecule has 2 rings (SSSR count). The number of aryl methyl sites for hydroxylation is 1. The van der Waals surface area contributed by atoms with Crippen LogP contribution in [0.25, 0.3) is 0 Å². The number of β-amino-alcohol motifs (C(OH)–C–C–N with tert-alkyl or cyclic N) is 1. The molecule has 0 aliphatic carbocycles. The van der Waals surface area contributed by atoms with Crippen LogP contribution >= 0.6 is 15.9 Å². The number of benzene rings is 1. The van der Waals surface area contributed by atoms with Crippen LogP contribution in [0.1, 0.15) is 29.3 Å². The van der Waals surface area contributed by atoms with Gasteiger partial charge >= 0.3 is 0 Å². The first kappa shape index (κ1) is 12.6. The third-order valence-electron chi connectivity index (χ3n) is 3.27. The number of hydrogen-bond donors (Lipinski definition) is 1. The Kier molecular flexibility index (Phi) is 3.27. The number of carbonyl (C=O) groups excluding carboxylic acids is 1. The Morgan fingerprint density at radius 1 is 1.53 bits per heavy atom. The highest BCUT2D eigenvalue weighted by Crippen LogP contribution is 2.28. The van der Waals surface area contributed by atoms with Crippen molar-refractivity contribution in [1.29, 1.82) is 0 Å². The molecule has 17 heavy (non-hydrogen) atoms. The van der Waals surface area contributed by atoms with Gasteiger partial charge in [-0.05, 0) is 47.0 Å². The lowest BCUT2D eigenvalue weighted by molar-refractivity contribution is -0.0826. The van der Waals surface area contributed by atoms with Gasteiger partial charge in [0.25, 0.3) is 5.91 Å².